The number of ether oxygens (including phenoxy) is 2. The molecule has 0 bridgehead atoms. The van der Waals surface area contributed by atoms with Crippen molar-refractivity contribution in [2.45, 2.75) is 6.42 Å². The van der Waals surface area contributed by atoms with Gasteiger partial charge in [-0.05, 0) is 18.6 Å². The van der Waals surface area contributed by atoms with Gasteiger partial charge in [-0.3, -0.25) is 0 Å². The van der Waals surface area contributed by atoms with Gasteiger partial charge in [0.15, 0.2) is 0 Å². The molecule has 1 aromatic heterocycles. The summed E-state index contributed by atoms with van der Waals surface area (Å²) in [5, 5.41) is 5.36. The number of nitrogens with zero attached hydrogens (tertiary/aromatic N) is 1. The van der Waals surface area contributed by atoms with E-state index in [0.717, 1.165) is 6.42 Å². The molecule has 1 rings (SSSR count). The van der Waals surface area contributed by atoms with Crippen molar-refractivity contribution in [3.05, 3.63) is 18.3 Å². The average molecular weight is 239 g/mol. The van der Waals surface area contributed by atoms with E-state index >= 15 is 0 Å². The maximum Gasteiger partial charge on any atom is 0.319 e. The van der Waals surface area contributed by atoms with Crippen molar-refractivity contribution in [2.75, 3.05) is 32.7 Å². The lowest BCUT2D eigenvalue weighted by Gasteiger charge is -2.09. The molecule has 0 atom stereocenters. The lowest BCUT2D eigenvalue weighted by Crippen LogP contribution is -2.30. The monoisotopic (exact) mass is 239 g/mol. The predicted molar refractivity (Wildman–Crippen MR) is 64.3 cm³/mol. The fourth-order valence-electron chi connectivity index (χ4n) is 1.23. The molecule has 0 aliphatic carbocycles. The van der Waals surface area contributed by atoms with Crippen LogP contribution in [0, 0.1) is 0 Å². The smallest absolute Gasteiger partial charge is 0.319 e. The molecule has 0 saturated carbocycles. The molecule has 6 heteroatoms. The molecule has 2 amide bonds. The second kappa shape index (κ2) is 7.45. The van der Waals surface area contributed by atoms with Crippen LogP contribution >= 0.6 is 0 Å². The van der Waals surface area contributed by atoms with Crippen LogP contribution in [0.1, 0.15) is 6.42 Å². The van der Waals surface area contributed by atoms with E-state index in [9.17, 15) is 4.79 Å². The van der Waals surface area contributed by atoms with Gasteiger partial charge in [0.1, 0.15) is 5.69 Å². The third kappa shape index (κ3) is 4.69. The number of aromatic nitrogens is 1. The Morgan fingerprint density at radius 2 is 2.29 bits per heavy atom. The van der Waals surface area contributed by atoms with Crippen LogP contribution in [0.5, 0.6) is 5.88 Å². The molecule has 0 spiro atoms. The number of urea groups is 1. The lowest BCUT2D eigenvalue weighted by atomic mass is 10.4. The van der Waals surface area contributed by atoms with E-state index < -0.39 is 0 Å². The Bertz CT molecular complexity index is 358. The van der Waals surface area contributed by atoms with E-state index in [1.165, 1.54) is 7.11 Å². The van der Waals surface area contributed by atoms with Crippen LogP contribution in [0.3, 0.4) is 0 Å². The summed E-state index contributed by atoms with van der Waals surface area (Å²) in [6.07, 6.45) is 2.37. The molecule has 6 nitrogen and oxygen atoms in total. The van der Waals surface area contributed by atoms with Crippen LogP contribution in [0.25, 0.3) is 0 Å². The quantitative estimate of drug-likeness (QED) is 0.733. The molecule has 17 heavy (non-hydrogen) atoms. The molecule has 0 fully saturated rings. The lowest BCUT2D eigenvalue weighted by molar-refractivity contribution is 0.194. The topological polar surface area (TPSA) is 72.5 Å². The van der Waals surface area contributed by atoms with E-state index in [-0.39, 0.29) is 6.03 Å². The Morgan fingerprint density at radius 3 is 3.00 bits per heavy atom. The minimum Gasteiger partial charge on any atom is -0.480 e. The van der Waals surface area contributed by atoms with Crippen molar-refractivity contribution >= 4 is 11.7 Å². The largest absolute Gasteiger partial charge is 0.480 e. The van der Waals surface area contributed by atoms with Gasteiger partial charge in [-0.1, -0.05) is 0 Å². The van der Waals surface area contributed by atoms with Crippen molar-refractivity contribution < 1.29 is 14.3 Å². The summed E-state index contributed by atoms with van der Waals surface area (Å²) in [4.78, 5) is 15.5. The first-order valence-electron chi connectivity index (χ1n) is 5.30. The summed E-state index contributed by atoms with van der Waals surface area (Å²) in [5.74, 6) is 0.388. The third-order valence-electron chi connectivity index (χ3n) is 2.02. The molecule has 2 N–H and O–H groups in total. The third-order valence-corrected chi connectivity index (χ3v) is 2.02. The van der Waals surface area contributed by atoms with Crippen molar-refractivity contribution in [3.63, 3.8) is 0 Å². The van der Waals surface area contributed by atoms with E-state index in [1.54, 1.807) is 25.4 Å². The Balaban J connectivity index is 2.39. The Hall–Kier alpha value is -1.82. The van der Waals surface area contributed by atoms with Gasteiger partial charge in [0, 0.05) is 26.5 Å². The number of carbonyl (C=O) groups is 1. The first-order chi connectivity index (χ1) is 8.27. The fraction of sp³-hybridized carbons (Fsp3) is 0.455. The zero-order chi connectivity index (χ0) is 12.5. The summed E-state index contributed by atoms with van der Waals surface area (Å²) in [7, 11) is 3.13. The number of nitrogens with one attached hydrogen (secondary N) is 2. The highest BCUT2D eigenvalue weighted by molar-refractivity contribution is 5.90. The van der Waals surface area contributed by atoms with Gasteiger partial charge in [-0.15, -0.1) is 0 Å². The maximum absolute atomic E-state index is 11.5. The second-order valence-electron chi connectivity index (χ2n) is 3.29. The molecule has 0 saturated heterocycles. The number of hydrogen-bond acceptors (Lipinski definition) is 4. The predicted octanol–water partition coefficient (Wildman–Crippen LogP) is 1.25. The van der Waals surface area contributed by atoms with Crippen LogP contribution in [0.4, 0.5) is 10.5 Å². The number of anilines is 1. The number of amides is 2. The molecule has 0 radical (unpaired) electrons. The van der Waals surface area contributed by atoms with Gasteiger partial charge in [0.25, 0.3) is 0 Å². The van der Waals surface area contributed by atoms with Crippen LogP contribution in [-0.2, 0) is 4.74 Å². The summed E-state index contributed by atoms with van der Waals surface area (Å²) in [6, 6.07) is 3.16. The maximum atomic E-state index is 11.5. The number of pyridine rings is 1. The van der Waals surface area contributed by atoms with Gasteiger partial charge in [-0.2, -0.15) is 0 Å². The highest BCUT2D eigenvalue weighted by atomic mass is 16.5. The minimum absolute atomic E-state index is 0.285. The van der Waals surface area contributed by atoms with Crippen LogP contribution < -0.4 is 15.4 Å². The minimum atomic E-state index is -0.285. The number of methoxy groups -OCH3 is 2. The molecule has 1 heterocycles. The van der Waals surface area contributed by atoms with E-state index in [2.05, 4.69) is 15.6 Å². The summed E-state index contributed by atoms with van der Waals surface area (Å²) in [5.41, 5.74) is 0.541. The number of rotatable bonds is 6. The van der Waals surface area contributed by atoms with E-state index in [1.807, 2.05) is 0 Å². The van der Waals surface area contributed by atoms with Gasteiger partial charge >= 0.3 is 6.03 Å². The average Bonchev–Trinajstić information content (AvgIpc) is 2.35. The van der Waals surface area contributed by atoms with Gasteiger partial charge < -0.3 is 20.1 Å². The van der Waals surface area contributed by atoms with Crippen LogP contribution in [0.2, 0.25) is 0 Å². The normalized spacial score (nSPS) is 9.76. The summed E-state index contributed by atoms with van der Waals surface area (Å²) < 4.78 is 9.89. The fourth-order valence-corrected chi connectivity index (χ4v) is 1.23. The Labute approximate surface area is 100 Å². The van der Waals surface area contributed by atoms with Crippen molar-refractivity contribution in [1.82, 2.24) is 10.3 Å². The van der Waals surface area contributed by atoms with Crippen LogP contribution in [0.15, 0.2) is 18.3 Å². The molecular weight excluding hydrogens is 222 g/mol. The first-order valence-corrected chi connectivity index (χ1v) is 5.30. The zero-order valence-corrected chi connectivity index (χ0v) is 10.0. The Morgan fingerprint density at radius 1 is 1.47 bits per heavy atom. The molecule has 0 aliphatic rings. The molecule has 0 unspecified atom stereocenters. The first kappa shape index (κ1) is 13.2. The molecule has 0 aromatic carbocycles. The highest BCUT2D eigenvalue weighted by Crippen LogP contribution is 2.19. The summed E-state index contributed by atoms with van der Waals surface area (Å²) in [6.45, 7) is 1.18. The molecule has 94 valence electrons. The number of hydrogen-bond donors (Lipinski definition) is 2. The number of carbonyl (C=O) groups excluding carboxylic acids is 1. The molecule has 1 aromatic rings. The van der Waals surface area contributed by atoms with Crippen molar-refractivity contribution in [1.29, 1.82) is 0 Å². The zero-order valence-electron chi connectivity index (χ0n) is 10.0. The van der Waals surface area contributed by atoms with Gasteiger partial charge in [-0.25, -0.2) is 9.78 Å². The Kier molecular flexibility index (Phi) is 5.81. The van der Waals surface area contributed by atoms with Crippen molar-refractivity contribution in [2.24, 2.45) is 0 Å². The van der Waals surface area contributed by atoms with Crippen LogP contribution in [-0.4, -0.2) is 38.4 Å². The van der Waals surface area contributed by atoms with Gasteiger partial charge in [0.05, 0.1) is 7.11 Å². The standard InChI is InChI=1S/C11H17N3O3/c1-16-8-4-7-13-11(15)14-9-5-3-6-12-10(9)17-2/h3,5-6H,4,7-8H2,1-2H3,(H2,13,14,15). The second-order valence-corrected chi connectivity index (χ2v) is 3.29. The van der Waals surface area contributed by atoms with E-state index in [4.69, 9.17) is 9.47 Å². The van der Waals surface area contributed by atoms with Gasteiger partial charge in [0.2, 0.25) is 5.88 Å². The molecular formula is C11H17N3O3. The van der Waals surface area contributed by atoms with Crippen molar-refractivity contribution in [3.8, 4) is 5.88 Å². The summed E-state index contributed by atoms with van der Waals surface area (Å²) >= 11 is 0. The highest BCUT2D eigenvalue weighted by Gasteiger charge is 2.06. The SMILES string of the molecule is COCCCNC(=O)Nc1cccnc1OC. The van der Waals surface area contributed by atoms with E-state index in [0.29, 0.717) is 24.7 Å². The molecule has 0 aliphatic heterocycles.